The molecule has 1 aromatic carbocycles. The molecule has 0 radical (unpaired) electrons. The zero-order chi connectivity index (χ0) is 15.4. The molecule has 2 N–H and O–H groups in total. The largest absolute Gasteiger partial charge is 0.433 e. The summed E-state index contributed by atoms with van der Waals surface area (Å²) in [4.78, 5) is 21.5. The number of nitro groups is 1. The second-order valence-electron chi connectivity index (χ2n) is 3.96. The van der Waals surface area contributed by atoms with Crippen molar-refractivity contribution in [3.8, 4) is 0 Å². The predicted molar refractivity (Wildman–Crippen MR) is 71.4 cm³/mol. The van der Waals surface area contributed by atoms with E-state index in [2.05, 4.69) is 17.4 Å². The van der Waals surface area contributed by atoms with E-state index in [1.165, 1.54) is 24.3 Å². The molecule has 0 aliphatic heterocycles. The number of nitrogens with one attached hydrogen (secondary N) is 2. The van der Waals surface area contributed by atoms with E-state index >= 15 is 0 Å². The first-order chi connectivity index (χ1) is 9.97. The lowest BCUT2D eigenvalue weighted by Crippen LogP contribution is -2.35. The highest BCUT2D eigenvalue weighted by atomic mass is 19.1. The van der Waals surface area contributed by atoms with Crippen molar-refractivity contribution < 1.29 is 18.5 Å². The van der Waals surface area contributed by atoms with E-state index in [-0.39, 0.29) is 17.0 Å². The number of benzene rings is 1. The molecular formula is C13H10FN3O4. The molecule has 0 bridgehead atoms. The van der Waals surface area contributed by atoms with Gasteiger partial charge in [0.2, 0.25) is 0 Å². The van der Waals surface area contributed by atoms with Crippen LogP contribution in [0.4, 0.5) is 10.3 Å². The molecule has 0 aliphatic rings. The van der Waals surface area contributed by atoms with Crippen molar-refractivity contribution in [3.05, 3.63) is 70.2 Å². The fourth-order valence-electron chi connectivity index (χ4n) is 1.46. The van der Waals surface area contributed by atoms with Crippen molar-refractivity contribution in [2.75, 3.05) is 0 Å². The highest BCUT2D eigenvalue weighted by Gasteiger charge is 2.14. The van der Waals surface area contributed by atoms with E-state index in [0.29, 0.717) is 0 Å². The lowest BCUT2D eigenvalue weighted by molar-refractivity contribution is -0.402. The number of rotatable bonds is 5. The van der Waals surface area contributed by atoms with Crippen molar-refractivity contribution in [2.45, 2.75) is 0 Å². The van der Waals surface area contributed by atoms with Gasteiger partial charge in [0.15, 0.2) is 5.76 Å². The second-order valence-corrected chi connectivity index (χ2v) is 3.96. The molecule has 1 amide bonds. The van der Waals surface area contributed by atoms with Crippen molar-refractivity contribution in [1.29, 1.82) is 0 Å². The number of hydrogen-bond acceptors (Lipinski definition) is 5. The summed E-state index contributed by atoms with van der Waals surface area (Å²) in [6.07, 6.45) is 0. The molecule has 1 aromatic heterocycles. The van der Waals surface area contributed by atoms with Gasteiger partial charge in [-0.05, 0) is 30.3 Å². The quantitative estimate of drug-likeness (QED) is 0.650. The maximum atomic E-state index is 12.7. The van der Waals surface area contributed by atoms with Crippen molar-refractivity contribution in [2.24, 2.45) is 0 Å². The van der Waals surface area contributed by atoms with Gasteiger partial charge in [-0.2, -0.15) is 0 Å². The second kappa shape index (κ2) is 5.87. The predicted octanol–water partition coefficient (Wildman–Crippen LogP) is 2.23. The Morgan fingerprint density at radius 2 is 1.86 bits per heavy atom. The first-order valence-electron chi connectivity index (χ1n) is 5.73. The van der Waals surface area contributed by atoms with Gasteiger partial charge in [0.05, 0.1) is 11.8 Å². The number of hydrazine groups is 1. The number of amides is 1. The molecule has 108 valence electrons. The third-order valence-electron chi connectivity index (χ3n) is 2.50. The highest BCUT2D eigenvalue weighted by molar-refractivity contribution is 5.94. The molecular weight excluding hydrogens is 281 g/mol. The van der Waals surface area contributed by atoms with Gasteiger partial charge in [0.1, 0.15) is 10.7 Å². The Bertz CT molecular complexity index is 694. The fraction of sp³-hybridized carbons (Fsp3) is 0. The van der Waals surface area contributed by atoms with Crippen molar-refractivity contribution in [1.82, 2.24) is 10.9 Å². The minimum atomic E-state index is -0.687. The van der Waals surface area contributed by atoms with Crippen LogP contribution in [0.5, 0.6) is 0 Å². The third-order valence-corrected chi connectivity index (χ3v) is 2.50. The molecule has 0 unspecified atom stereocenters. The summed E-state index contributed by atoms with van der Waals surface area (Å²) in [5.41, 5.74) is 5.15. The maximum absolute atomic E-state index is 12.7. The molecule has 0 saturated carbocycles. The van der Waals surface area contributed by atoms with E-state index in [1.54, 1.807) is 0 Å². The molecule has 2 aromatic rings. The minimum absolute atomic E-state index is 0.112. The van der Waals surface area contributed by atoms with E-state index in [0.717, 1.165) is 12.1 Å². The number of halogens is 1. The Morgan fingerprint density at radius 1 is 1.19 bits per heavy atom. The van der Waals surface area contributed by atoms with Gasteiger partial charge in [0.25, 0.3) is 5.91 Å². The summed E-state index contributed by atoms with van der Waals surface area (Å²) in [5, 5.41) is 10.5. The van der Waals surface area contributed by atoms with Crippen LogP contribution in [0.15, 0.2) is 47.4 Å². The minimum Gasteiger partial charge on any atom is -0.399 e. The number of furan rings is 1. The topological polar surface area (TPSA) is 97.4 Å². The highest BCUT2D eigenvalue weighted by Crippen LogP contribution is 2.19. The monoisotopic (exact) mass is 291 g/mol. The van der Waals surface area contributed by atoms with Crippen LogP contribution in [0.2, 0.25) is 0 Å². The van der Waals surface area contributed by atoms with Crippen LogP contribution in [0, 0.1) is 15.9 Å². The standard InChI is InChI=1S/C13H10FN3O4/c1-8(11-6-7-12(21-11)17(19)20)15-16-13(18)9-2-4-10(14)5-3-9/h2-7,15H,1H2,(H,16,18). The molecule has 8 heteroatoms. The Hall–Kier alpha value is -3.16. The van der Waals surface area contributed by atoms with E-state index in [9.17, 15) is 19.3 Å². The number of hydrogen-bond donors (Lipinski definition) is 2. The molecule has 0 atom stereocenters. The van der Waals surface area contributed by atoms with Crippen LogP contribution in [-0.2, 0) is 0 Å². The van der Waals surface area contributed by atoms with Gasteiger partial charge < -0.3 is 4.42 Å². The average molecular weight is 291 g/mol. The summed E-state index contributed by atoms with van der Waals surface area (Å²) in [7, 11) is 0. The first-order valence-corrected chi connectivity index (χ1v) is 5.73. The van der Waals surface area contributed by atoms with Gasteiger partial charge in [0, 0.05) is 5.56 Å². The Morgan fingerprint density at radius 3 is 2.43 bits per heavy atom. The van der Waals surface area contributed by atoms with Crippen LogP contribution in [-0.4, -0.2) is 10.8 Å². The fourth-order valence-corrected chi connectivity index (χ4v) is 1.46. The maximum Gasteiger partial charge on any atom is 0.433 e. The van der Waals surface area contributed by atoms with E-state index in [4.69, 9.17) is 4.42 Å². The number of carbonyl (C=O) groups excluding carboxylic acids is 1. The van der Waals surface area contributed by atoms with E-state index < -0.39 is 22.5 Å². The van der Waals surface area contributed by atoms with Crippen molar-refractivity contribution in [3.63, 3.8) is 0 Å². The van der Waals surface area contributed by atoms with Crippen LogP contribution in [0.25, 0.3) is 5.70 Å². The summed E-state index contributed by atoms with van der Waals surface area (Å²) < 4.78 is 17.6. The molecule has 0 spiro atoms. The molecule has 2 rings (SSSR count). The summed E-state index contributed by atoms with van der Waals surface area (Å²) in [6.45, 7) is 3.58. The summed E-state index contributed by atoms with van der Waals surface area (Å²) >= 11 is 0. The van der Waals surface area contributed by atoms with Gasteiger partial charge in [-0.1, -0.05) is 6.58 Å². The van der Waals surface area contributed by atoms with Crippen molar-refractivity contribution >= 4 is 17.5 Å². The molecule has 0 fully saturated rings. The van der Waals surface area contributed by atoms with Gasteiger partial charge in [-0.25, -0.2) is 4.39 Å². The van der Waals surface area contributed by atoms with Crippen LogP contribution < -0.4 is 10.9 Å². The van der Waals surface area contributed by atoms with Gasteiger partial charge in [-0.15, -0.1) is 0 Å². The average Bonchev–Trinajstić information content (AvgIpc) is 2.95. The first kappa shape index (κ1) is 14.3. The lowest BCUT2D eigenvalue weighted by atomic mass is 10.2. The molecule has 1 heterocycles. The zero-order valence-corrected chi connectivity index (χ0v) is 10.6. The molecule has 0 aliphatic carbocycles. The smallest absolute Gasteiger partial charge is 0.399 e. The Labute approximate surface area is 118 Å². The van der Waals surface area contributed by atoms with Crippen LogP contribution in [0.1, 0.15) is 16.1 Å². The van der Waals surface area contributed by atoms with Gasteiger partial charge in [-0.3, -0.25) is 25.8 Å². The Balaban J connectivity index is 1.95. The lowest BCUT2D eigenvalue weighted by Gasteiger charge is -2.08. The molecule has 0 saturated heterocycles. The third kappa shape index (κ3) is 3.44. The van der Waals surface area contributed by atoms with Crippen LogP contribution in [0.3, 0.4) is 0 Å². The summed E-state index contributed by atoms with van der Waals surface area (Å²) in [6, 6.07) is 7.44. The van der Waals surface area contributed by atoms with Gasteiger partial charge >= 0.3 is 5.88 Å². The normalized spacial score (nSPS) is 9.95. The Kier molecular flexibility index (Phi) is 3.98. The number of nitrogens with zero attached hydrogens (tertiary/aromatic N) is 1. The van der Waals surface area contributed by atoms with E-state index in [1.807, 2.05) is 0 Å². The zero-order valence-electron chi connectivity index (χ0n) is 10.6. The summed E-state index contributed by atoms with van der Waals surface area (Å²) in [5.74, 6) is -1.29. The molecule has 21 heavy (non-hydrogen) atoms. The SMILES string of the molecule is C=C(NNC(=O)c1ccc(F)cc1)c1ccc([N+](=O)[O-])o1. The molecule has 7 nitrogen and oxygen atoms in total. The number of carbonyl (C=O) groups is 1. The van der Waals surface area contributed by atoms with Crippen LogP contribution >= 0.6 is 0 Å².